The van der Waals surface area contributed by atoms with Gasteiger partial charge in [-0.25, -0.2) is 4.98 Å². The first kappa shape index (κ1) is 25.8. The van der Waals surface area contributed by atoms with E-state index in [9.17, 15) is 0 Å². The summed E-state index contributed by atoms with van der Waals surface area (Å²) in [6.07, 6.45) is 0. The van der Waals surface area contributed by atoms with Gasteiger partial charge < -0.3 is 9.32 Å². The van der Waals surface area contributed by atoms with E-state index in [1.807, 2.05) is 47.7 Å². The first-order chi connectivity index (χ1) is 22.3. The fourth-order valence-corrected chi connectivity index (χ4v) is 7.43. The van der Waals surface area contributed by atoms with E-state index in [0.717, 1.165) is 44.5 Å². The van der Waals surface area contributed by atoms with Crippen LogP contribution in [0.5, 0.6) is 0 Å². The number of rotatable bonds is 5. The summed E-state index contributed by atoms with van der Waals surface area (Å²) in [6, 6.07) is 55.7. The number of benzene rings is 7. The van der Waals surface area contributed by atoms with E-state index in [-0.39, 0.29) is 0 Å². The van der Waals surface area contributed by atoms with E-state index in [1.54, 1.807) is 0 Å². The van der Waals surface area contributed by atoms with E-state index in [2.05, 4.69) is 126 Å². The molecule has 212 valence electrons. The second-order valence-electron chi connectivity index (χ2n) is 11.2. The van der Waals surface area contributed by atoms with Crippen LogP contribution in [0.25, 0.3) is 64.6 Å². The van der Waals surface area contributed by atoms with Crippen LogP contribution in [-0.4, -0.2) is 4.98 Å². The molecule has 7 aromatic carbocycles. The van der Waals surface area contributed by atoms with Crippen LogP contribution >= 0.6 is 11.3 Å². The highest BCUT2D eigenvalue weighted by molar-refractivity contribution is 7.25. The van der Waals surface area contributed by atoms with Crippen LogP contribution in [0.2, 0.25) is 0 Å². The smallest absolute Gasteiger partial charge is 0.227 e. The summed E-state index contributed by atoms with van der Waals surface area (Å²) in [4.78, 5) is 7.35. The molecule has 0 bridgehead atoms. The van der Waals surface area contributed by atoms with E-state index in [4.69, 9.17) is 9.40 Å². The Morgan fingerprint density at radius 1 is 0.467 bits per heavy atom. The average molecular weight is 595 g/mol. The molecule has 4 heteroatoms. The Morgan fingerprint density at radius 3 is 1.96 bits per heavy atom. The van der Waals surface area contributed by atoms with Gasteiger partial charge in [0.25, 0.3) is 0 Å². The summed E-state index contributed by atoms with van der Waals surface area (Å²) >= 11 is 1.84. The Kier molecular flexibility index (Phi) is 6.00. The van der Waals surface area contributed by atoms with E-state index in [0.29, 0.717) is 5.89 Å². The van der Waals surface area contributed by atoms with Gasteiger partial charge in [-0.05, 0) is 77.9 Å². The van der Waals surface area contributed by atoms with Crippen LogP contribution in [0.15, 0.2) is 162 Å². The molecule has 0 aliphatic carbocycles. The van der Waals surface area contributed by atoms with Crippen LogP contribution in [0.1, 0.15) is 0 Å². The number of anilines is 3. The zero-order chi connectivity index (χ0) is 29.7. The molecule has 0 aliphatic rings. The topological polar surface area (TPSA) is 29.3 Å². The predicted octanol–water partition coefficient (Wildman–Crippen LogP) is 12.2. The standard InChI is InChI=1S/C41H26N2OS/c1-3-10-27(11-4-1)28-18-20-30(21-19-28)43(31-22-25-39-35(26-31)33-14-7-8-17-38(33)45-39)36-16-9-15-34-32(36)23-24-37-40(34)42-41(44-37)29-12-5-2-6-13-29/h1-26H. The molecule has 2 aromatic heterocycles. The number of hydrogen-bond acceptors (Lipinski definition) is 4. The molecule has 0 N–H and O–H groups in total. The van der Waals surface area contributed by atoms with Gasteiger partial charge in [0.15, 0.2) is 5.58 Å². The van der Waals surface area contributed by atoms with Gasteiger partial charge >= 0.3 is 0 Å². The van der Waals surface area contributed by atoms with Crippen molar-refractivity contribution in [2.24, 2.45) is 0 Å². The lowest BCUT2D eigenvalue weighted by Crippen LogP contribution is -2.10. The Bertz CT molecular complexity index is 2480. The SMILES string of the molecule is c1ccc(-c2ccc(N(c3ccc4sc5ccccc5c4c3)c3cccc4c3ccc3oc(-c5ccccc5)nc34)cc2)cc1. The van der Waals surface area contributed by atoms with Crippen molar-refractivity contribution in [2.75, 3.05) is 4.90 Å². The van der Waals surface area contributed by atoms with Crippen molar-refractivity contribution < 1.29 is 4.42 Å². The number of thiophene rings is 1. The minimum Gasteiger partial charge on any atom is -0.436 e. The summed E-state index contributed by atoms with van der Waals surface area (Å²) in [5, 5.41) is 4.73. The van der Waals surface area contributed by atoms with Crippen molar-refractivity contribution in [1.82, 2.24) is 4.98 Å². The van der Waals surface area contributed by atoms with Gasteiger partial charge in [0, 0.05) is 47.9 Å². The number of aromatic nitrogens is 1. The molecule has 0 unspecified atom stereocenters. The van der Waals surface area contributed by atoms with Crippen LogP contribution in [-0.2, 0) is 0 Å². The quantitative estimate of drug-likeness (QED) is 0.198. The van der Waals surface area contributed by atoms with Gasteiger partial charge in [0.2, 0.25) is 5.89 Å². The van der Waals surface area contributed by atoms with Crippen molar-refractivity contribution in [3.8, 4) is 22.6 Å². The lowest BCUT2D eigenvalue weighted by molar-refractivity contribution is 0.620. The normalized spacial score (nSPS) is 11.6. The molecule has 45 heavy (non-hydrogen) atoms. The Morgan fingerprint density at radius 2 is 1.13 bits per heavy atom. The van der Waals surface area contributed by atoms with Gasteiger partial charge in [-0.15, -0.1) is 11.3 Å². The van der Waals surface area contributed by atoms with Gasteiger partial charge in [-0.3, -0.25) is 0 Å². The largest absolute Gasteiger partial charge is 0.436 e. The van der Waals surface area contributed by atoms with Gasteiger partial charge in [0.05, 0.1) is 5.69 Å². The fourth-order valence-electron chi connectivity index (χ4n) is 6.34. The monoisotopic (exact) mass is 594 g/mol. The second-order valence-corrected chi connectivity index (χ2v) is 12.3. The lowest BCUT2D eigenvalue weighted by Gasteiger charge is -2.27. The van der Waals surface area contributed by atoms with Crippen LogP contribution in [0, 0.1) is 0 Å². The van der Waals surface area contributed by atoms with Crippen molar-refractivity contribution in [3.63, 3.8) is 0 Å². The van der Waals surface area contributed by atoms with Crippen molar-refractivity contribution >= 4 is 70.4 Å². The lowest BCUT2D eigenvalue weighted by atomic mass is 10.0. The third-order valence-electron chi connectivity index (χ3n) is 8.51. The molecule has 0 saturated heterocycles. The minimum atomic E-state index is 0.631. The number of hydrogen-bond donors (Lipinski definition) is 0. The number of oxazole rings is 1. The molecule has 3 nitrogen and oxygen atoms in total. The molecule has 0 saturated carbocycles. The maximum absolute atomic E-state index is 6.24. The molecule has 0 aliphatic heterocycles. The highest BCUT2D eigenvalue weighted by Gasteiger charge is 2.19. The molecular formula is C41H26N2OS. The molecule has 0 spiro atoms. The first-order valence-electron chi connectivity index (χ1n) is 15.0. The highest BCUT2D eigenvalue weighted by Crippen LogP contribution is 2.44. The fraction of sp³-hybridized carbons (Fsp3) is 0. The maximum Gasteiger partial charge on any atom is 0.227 e. The third kappa shape index (κ3) is 4.38. The summed E-state index contributed by atoms with van der Waals surface area (Å²) in [5.74, 6) is 0.631. The Hall–Kier alpha value is -5.71. The third-order valence-corrected chi connectivity index (χ3v) is 9.66. The Balaban J connectivity index is 1.25. The summed E-state index contributed by atoms with van der Waals surface area (Å²) in [6.45, 7) is 0. The number of fused-ring (bicyclic) bond motifs is 6. The van der Waals surface area contributed by atoms with E-state index in [1.165, 1.54) is 31.3 Å². The molecule has 2 heterocycles. The second kappa shape index (κ2) is 10.5. The summed E-state index contributed by atoms with van der Waals surface area (Å²) < 4.78 is 8.83. The molecule has 0 amide bonds. The summed E-state index contributed by atoms with van der Waals surface area (Å²) in [7, 11) is 0. The molecule has 0 atom stereocenters. The molecular weight excluding hydrogens is 569 g/mol. The highest BCUT2D eigenvalue weighted by atomic mass is 32.1. The average Bonchev–Trinajstić information content (AvgIpc) is 3.72. The van der Waals surface area contributed by atoms with Gasteiger partial charge in [-0.1, -0.05) is 91.0 Å². The van der Waals surface area contributed by atoms with Gasteiger partial charge in [0.1, 0.15) is 5.52 Å². The number of nitrogens with zero attached hydrogens (tertiary/aromatic N) is 2. The Labute approximate surface area is 264 Å². The molecule has 0 fully saturated rings. The maximum atomic E-state index is 6.24. The first-order valence-corrected chi connectivity index (χ1v) is 15.9. The molecule has 0 radical (unpaired) electrons. The van der Waals surface area contributed by atoms with Crippen molar-refractivity contribution in [3.05, 3.63) is 158 Å². The van der Waals surface area contributed by atoms with Crippen molar-refractivity contribution in [2.45, 2.75) is 0 Å². The van der Waals surface area contributed by atoms with Crippen molar-refractivity contribution in [1.29, 1.82) is 0 Å². The predicted molar refractivity (Wildman–Crippen MR) is 190 cm³/mol. The minimum absolute atomic E-state index is 0.631. The van der Waals surface area contributed by atoms with Gasteiger partial charge in [-0.2, -0.15) is 0 Å². The van der Waals surface area contributed by atoms with Crippen LogP contribution < -0.4 is 4.90 Å². The zero-order valence-corrected chi connectivity index (χ0v) is 25.0. The van der Waals surface area contributed by atoms with E-state index < -0.39 is 0 Å². The van der Waals surface area contributed by atoms with Crippen LogP contribution in [0.3, 0.4) is 0 Å². The zero-order valence-electron chi connectivity index (χ0n) is 24.2. The summed E-state index contributed by atoms with van der Waals surface area (Å²) in [5.41, 5.74) is 8.29. The molecule has 9 rings (SSSR count). The van der Waals surface area contributed by atoms with E-state index >= 15 is 0 Å². The molecule has 9 aromatic rings. The van der Waals surface area contributed by atoms with Crippen LogP contribution in [0.4, 0.5) is 17.1 Å².